The predicted octanol–water partition coefficient (Wildman–Crippen LogP) is 0.644. The molecule has 0 amide bonds. The second-order valence-corrected chi connectivity index (χ2v) is 7.09. The van der Waals surface area contributed by atoms with Gasteiger partial charge in [-0.15, -0.1) is 0 Å². The zero-order chi connectivity index (χ0) is 9.90. The first-order valence-electron chi connectivity index (χ1n) is 4.61. The number of hydrogen-bond donors (Lipinski definition) is 1. The van der Waals surface area contributed by atoms with Gasteiger partial charge in [-0.2, -0.15) is 11.8 Å². The van der Waals surface area contributed by atoms with Gasteiger partial charge in [0.2, 0.25) is 0 Å². The van der Waals surface area contributed by atoms with Crippen LogP contribution in [0.25, 0.3) is 0 Å². The molecule has 0 aromatic carbocycles. The molecule has 2 unspecified atom stereocenters. The summed E-state index contributed by atoms with van der Waals surface area (Å²) in [5.41, 5.74) is 5.75. The SMILES string of the molecule is CCC(N)CSC1CCS(=O)(=O)C1. The molecule has 0 bridgehead atoms. The first-order valence-corrected chi connectivity index (χ1v) is 7.48. The molecule has 0 radical (unpaired) electrons. The predicted molar refractivity (Wildman–Crippen MR) is 57.8 cm³/mol. The summed E-state index contributed by atoms with van der Waals surface area (Å²) >= 11 is 1.71. The minimum Gasteiger partial charge on any atom is -0.327 e. The highest BCUT2D eigenvalue weighted by molar-refractivity contribution is 8.01. The maximum absolute atomic E-state index is 11.1. The van der Waals surface area contributed by atoms with Crippen molar-refractivity contribution in [1.82, 2.24) is 0 Å². The van der Waals surface area contributed by atoms with Gasteiger partial charge in [0.05, 0.1) is 11.5 Å². The van der Waals surface area contributed by atoms with E-state index < -0.39 is 9.84 Å². The van der Waals surface area contributed by atoms with E-state index in [1.165, 1.54) is 0 Å². The molecule has 78 valence electrons. The van der Waals surface area contributed by atoms with Gasteiger partial charge in [-0.25, -0.2) is 8.42 Å². The van der Waals surface area contributed by atoms with Crippen LogP contribution in [0.4, 0.5) is 0 Å². The van der Waals surface area contributed by atoms with Gasteiger partial charge in [0.1, 0.15) is 0 Å². The minimum absolute atomic E-state index is 0.216. The van der Waals surface area contributed by atoms with E-state index >= 15 is 0 Å². The third-order valence-electron chi connectivity index (χ3n) is 2.26. The summed E-state index contributed by atoms with van der Waals surface area (Å²) in [7, 11) is -2.71. The van der Waals surface area contributed by atoms with Gasteiger partial charge in [0, 0.05) is 17.0 Å². The van der Waals surface area contributed by atoms with E-state index in [0.717, 1.165) is 18.6 Å². The fourth-order valence-electron chi connectivity index (χ4n) is 1.27. The quantitative estimate of drug-likeness (QED) is 0.760. The third kappa shape index (κ3) is 3.87. The fraction of sp³-hybridized carbons (Fsp3) is 1.00. The lowest BCUT2D eigenvalue weighted by atomic mass is 10.3. The zero-order valence-electron chi connectivity index (χ0n) is 7.90. The topological polar surface area (TPSA) is 60.2 Å². The molecule has 0 spiro atoms. The highest BCUT2D eigenvalue weighted by Gasteiger charge is 2.28. The Morgan fingerprint density at radius 2 is 2.31 bits per heavy atom. The van der Waals surface area contributed by atoms with Crippen LogP contribution in [0.1, 0.15) is 19.8 Å². The highest BCUT2D eigenvalue weighted by atomic mass is 32.2. The average molecular weight is 223 g/mol. The molecule has 1 heterocycles. The fourth-order valence-corrected chi connectivity index (χ4v) is 5.01. The highest BCUT2D eigenvalue weighted by Crippen LogP contribution is 2.24. The number of thioether (sulfide) groups is 1. The summed E-state index contributed by atoms with van der Waals surface area (Å²) in [6.07, 6.45) is 1.77. The molecule has 0 saturated carbocycles. The van der Waals surface area contributed by atoms with Crippen LogP contribution in [0.2, 0.25) is 0 Å². The van der Waals surface area contributed by atoms with Crippen molar-refractivity contribution in [3.05, 3.63) is 0 Å². The molecule has 0 aromatic rings. The van der Waals surface area contributed by atoms with Gasteiger partial charge < -0.3 is 5.73 Å². The molecule has 0 aliphatic carbocycles. The number of sulfone groups is 1. The van der Waals surface area contributed by atoms with Crippen LogP contribution in [0.15, 0.2) is 0 Å². The Labute approximate surface area is 84.4 Å². The summed E-state index contributed by atoms with van der Waals surface area (Å²) in [4.78, 5) is 0. The largest absolute Gasteiger partial charge is 0.327 e. The van der Waals surface area contributed by atoms with Crippen molar-refractivity contribution in [3.8, 4) is 0 Å². The van der Waals surface area contributed by atoms with Crippen molar-refractivity contribution in [1.29, 1.82) is 0 Å². The van der Waals surface area contributed by atoms with Crippen LogP contribution in [0.3, 0.4) is 0 Å². The summed E-state index contributed by atoms with van der Waals surface area (Å²) in [5, 5.41) is 0.294. The van der Waals surface area contributed by atoms with Crippen LogP contribution in [0, 0.1) is 0 Å². The minimum atomic E-state index is -2.71. The lowest BCUT2D eigenvalue weighted by molar-refractivity contribution is 0.602. The van der Waals surface area contributed by atoms with Crippen LogP contribution in [-0.2, 0) is 9.84 Å². The lowest BCUT2D eigenvalue weighted by Crippen LogP contribution is -2.23. The molecule has 0 aromatic heterocycles. The van der Waals surface area contributed by atoms with E-state index in [9.17, 15) is 8.42 Å². The van der Waals surface area contributed by atoms with Crippen LogP contribution in [0.5, 0.6) is 0 Å². The van der Waals surface area contributed by atoms with E-state index in [1.807, 2.05) is 0 Å². The Kier molecular flexibility index (Phi) is 4.06. The molecule has 1 aliphatic heterocycles. The summed E-state index contributed by atoms with van der Waals surface area (Å²) in [5.74, 6) is 1.61. The summed E-state index contributed by atoms with van der Waals surface area (Å²) in [6, 6.07) is 0.216. The molecule has 3 nitrogen and oxygen atoms in total. The number of nitrogens with two attached hydrogens (primary N) is 1. The molecule has 13 heavy (non-hydrogen) atoms. The lowest BCUT2D eigenvalue weighted by Gasteiger charge is -2.11. The van der Waals surface area contributed by atoms with Gasteiger partial charge in [-0.1, -0.05) is 6.92 Å². The Morgan fingerprint density at radius 1 is 1.62 bits per heavy atom. The van der Waals surface area contributed by atoms with Crippen molar-refractivity contribution in [2.75, 3.05) is 17.3 Å². The van der Waals surface area contributed by atoms with Gasteiger partial charge in [-0.05, 0) is 12.8 Å². The second kappa shape index (κ2) is 4.66. The first-order chi connectivity index (χ1) is 6.03. The second-order valence-electron chi connectivity index (χ2n) is 3.53. The molecule has 1 rings (SSSR count). The van der Waals surface area contributed by atoms with E-state index in [1.54, 1.807) is 11.8 Å². The van der Waals surface area contributed by atoms with Crippen molar-refractivity contribution in [3.63, 3.8) is 0 Å². The average Bonchev–Trinajstić information content (AvgIpc) is 2.41. The number of hydrogen-bond acceptors (Lipinski definition) is 4. The van der Waals surface area contributed by atoms with Crippen molar-refractivity contribution in [2.24, 2.45) is 5.73 Å². The molecule has 2 atom stereocenters. The monoisotopic (exact) mass is 223 g/mol. The summed E-state index contributed by atoms with van der Waals surface area (Å²) < 4.78 is 22.2. The molecule has 1 aliphatic rings. The van der Waals surface area contributed by atoms with Crippen LogP contribution < -0.4 is 5.73 Å². The molecular weight excluding hydrogens is 206 g/mol. The van der Waals surface area contributed by atoms with E-state index in [0.29, 0.717) is 16.8 Å². The van der Waals surface area contributed by atoms with Crippen molar-refractivity contribution >= 4 is 21.6 Å². The van der Waals surface area contributed by atoms with Crippen LogP contribution in [-0.4, -0.2) is 37.0 Å². The van der Waals surface area contributed by atoms with E-state index in [4.69, 9.17) is 5.73 Å². The normalized spacial score (nSPS) is 28.9. The Balaban J connectivity index is 2.25. The summed E-state index contributed by atoms with van der Waals surface area (Å²) in [6.45, 7) is 2.05. The molecular formula is C8H17NO2S2. The standard InChI is InChI=1S/C8H17NO2S2/c1-2-7(9)5-12-8-3-4-13(10,11)6-8/h7-8H,2-6,9H2,1H3. The molecule has 2 N–H and O–H groups in total. The Morgan fingerprint density at radius 3 is 2.77 bits per heavy atom. The smallest absolute Gasteiger partial charge is 0.151 e. The van der Waals surface area contributed by atoms with E-state index in [2.05, 4.69) is 6.92 Å². The van der Waals surface area contributed by atoms with Gasteiger partial charge >= 0.3 is 0 Å². The first kappa shape index (κ1) is 11.3. The van der Waals surface area contributed by atoms with E-state index in [-0.39, 0.29) is 6.04 Å². The van der Waals surface area contributed by atoms with Crippen molar-refractivity contribution < 1.29 is 8.42 Å². The zero-order valence-corrected chi connectivity index (χ0v) is 9.53. The maximum atomic E-state index is 11.1. The molecule has 5 heteroatoms. The maximum Gasteiger partial charge on any atom is 0.151 e. The van der Waals surface area contributed by atoms with Gasteiger partial charge in [0.15, 0.2) is 9.84 Å². The van der Waals surface area contributed by atoms with Gasteiger partial charge in [0.25, 0.3) is 0 Å². The Bertz CT molecular complexity index is 251. The number of rotatable bonds is 4. The Hall–Kier alpha value is 0.260. The van der Waals surface area contributed by atoms with Crippen molar-refractivity contribution in [2.45, 2.75) is 31.1 Å². The molecule has 1 fully saturated rings. The molecule has 1 saturated heterocycles. The van der Waals surface area contributed by atoms with Gasteiger partial charge in [-0.3, -0.25) is 0 Å². The third-order valence-corrected chi connectivity index (χ3v) is 5.73. The van der Waals surface area contributed by atoms with Crippen LogP contribution >= 0.6 is 11.8 Å².